The smallest absolute Gasteiger partial charge is 0.387 e. The second-order valence-corrected chi connectivity index (χ2v) is 7.19. The van der Waals surface area contributed by atoms with E-state index in [1.54, 1.807) is 17.0 Å². The maximum atomic E-state index is 12.7. The molecule has 1 heterocycles. The molecule has 8 heteroatoms. The molecule has 1 aromatic rings. The highest BCUT2D eigenvalue weighted by Gasteiger charge is 2.26. The van der Waals surface area contributed by atoms with Crippen molar-refractivity contribution in [2.24, 2.45) is 5.92 Å². The third kappa shape index (κ3) is 7.00. The number of rotatable bonds is 10. The van der Waals surface area contributed by atoms with Crippen molar-refractivity contribution in [3.63, 3.8) is 0 Å². The maximum Gasteiger partial charge on any atom is 0.387 e. The zero-order valence-electron chi connectivity index (χ0n) is 17.5. The van der Waals surface area contributed by atoms with Crippen LogP contribution in [0.2, 0.25) is 0 Å². The minimum Gasteiger partial charge on any atom is -0.493 e. The van der Waals surface area contributed by atoms with Crippen molar-refractivity contribution in [3.05, 3.63) is 29.8 Å². The number of methoxy groups -OCH3 is 1. The lowest BCUT2D eigenvalue weighted by atomic mass is 9.95. The van der Waals surface area contributed by atoms with Crippen LogP contribution < -0.4 is 14.8 Å². The SMILES string of the molecule is CCCCCNC(=O)C1CCN(C(=O)C=Cc2cccc(OC)c2OC(F)F)CC1. The Hall–Kier alpha value is -2.64. The number of piperidine rings is 1. The quantitative estimate of drug-likeness (QED) is 0.458. The first kappa shape index (κ1) is 23.6. The Labute approximate surface area is 176 Å². The molecule has 1 N–H and O–H groups in total. The van der Waals surface area contributed by atoms with Gasteiger partial charge in [0.15, 0.2) is 11.5 Å². The van der Waals surface area contributed by atoms with Crippen molar-refractivity contribution < 1.29 is 27.8 Å². The van der Waals surface area contributed by atoms with Crippen LogP contribution in [0.4, 0.5) is 8.78 Å². The van der Waals surface area contributed by atoms with Crippen molar-refractivity contribution in [1.29, 1.82) is 0 Å². The summed E-state index contributed by atoms with van der Waals surface area (Å²) in [5.41, 5.74) is 0.323. The van der Waals surface area contributed by atoms with Crippen LogP contribution in [-0.2, 0) is 9.59 Å². The third-order valence-corrected chi connectivity index (χ3v) is 5.10. The molecule has 0 radical (unpaired) electrons. The molecule has 0 saturated carbocycles. The molecule has 1 saturated heterocycles. The molecule has 2 rings (SSSR count). The lowest BCUT2D eigenvalue weighted by Gasteiger charge is -2.30. The van der Waals surface area contributed by atoms with Gasteiger partial charge in [-0.15, -0.1) is 0 Å². The van der Waals surface area contributed by atoms with Crippen LogP contribution >= 0.6 is 0 Å². The summed E-state index contributed by atoms with van der Waals surface area (Å²) < 4.78 is 35.0. The average Bonchev–Trinajstić information content (AvgIpc) is 2.75. The minimum absolute atomic E-state index is 0.0546. The van der Waals surface area contributed by atoms with Gasteiger partial charge < -0.3 is 19.7 Å². The molecule has 6 nitrogen and oxygen atoms in total. The summed E-state index contributed by atoms with van der Waals surface area (Å²) in [7, 11) is 1.36. The zero-order valence-corrected chi connectivity index (χ0v) is 17.5. The Morgan fingerprint density at radius 2 is 2.00 bits per heavy atom. The number of amides is 2. The van der Waals surface area contributed by atoms with Crippen LogP contribution in [0.15, 0.2) is 24.3 Å². The molecule has 1 aromatic carbocycles. The number of nitrogens with one attached hydrogen (secondary N) is 1. The van der Waals surface area contributed by atoms with Gasteiger partial charge in [-0.2, -0.15) is 8.78 Å². The fourth-order valence-corrected chi connectivity index (χ4v) is 3.40. The van der Waals surface area contributed by atoms with Crippen LogP contribution in [-0.4, -0.2) is 50.1 Å². The number of alkyl halides is 2. The van der Waals surface area contributed by atoms with Gasteiger partial charge in [0.1, 0.15) is 0 Å². The number of hydrogen-bond acceptors (Lipinski definition) is 4. The highest BCUT2D eigenvalue weighted by molar-refractivity contribution is 5.92. The number of para-hydroxylation sites is 1. The molecule has 0 spiro atoms. The molecule has 1 aliphatic heterocycles. The molecule has 166 valence electrons. The van der Waals surface area contributed by atoms with Gasteiger partial charge in [-0.1, -0.05) is 31.9 Å². The van der Waals surface area contributed by atoms with Crippen molar-refractivity contribution in [2.45, 2.75) is 45.6 Å². The van der Waals surface area contributed by atoms with Crippen LogP contribution in [0.5, 0.6) is 11.5 Å². The molecular formula is C22H30F2N2O4. The largest absolute Gasteiger partial charge is 0.493 e. The van der Waals surface area contributed by atoms with Crippen LogP contribution in [0.25, 0.3) is 6.08 Å². The number of likely N-dealkylation sites (tertiary alicyclic amines) is 1. The minimum atomic E-state index is -3.00. The monoisotopic (exact) mass is 424 g/mol. The highest BCUT2D eigenvalue weighted by atomic mass is 19.3. The Balaban J connectivity index is 1.91. The van der Waals surface area contributed by atoms with E-state index >= 15 is 0 Å². The Morgan fingerprint density at radius 3 is 2.63 bits per heavy atom. The molecule has 0 atom stereocenters. The van der Waals surface area contributed by atoms with E-state index in [0.717, 1.165) is 19.3 Å². The number of carbonyl (C=O) groups is 2. The lowest BCUT2D eigenvalue weighted by Crippen LogP contribution is -2.42. The molecular weight excluding hydrogens is 394 g/mol. The molecule has 0 unspecified atom stereocenters. The number of hydrogen-bond donors (Lipinski definition) is 1. The van der Waals surface area contributed by atoms with E-state index in [1.807, 2.05) is 0 Å². The van der Waals surface area contributed by atoms with Crippen LogP contribution in [0, 0.1) is 5.92 Å². The van der Waals surface area contributed by atoms with Crippen molar-refractivity contribution in [1.82, 2.24) is 10.2 Å². The molecule has 1 fully saturated rings. The molecule has 30 heavy (non-hydrogen) atoms. The second kappa shape index (κ2) is 12.1. The van der Waals surface area contributed by atoms with Gasteiger partial charge in [0.25, 0.3) is 0 Å². The predicted molar refractivity (Wildman–Crippen MR) is 110 cm³/mol. The zero-order chi connectivity index (χ0) is 21.9. The summed E-state index contributed by atoms with van der Waals surface area (Å²) in [4.78, 5) is 26.4. The fraction of sp³-hybridized carbons (Fsp3) is 0.545. The number of ether oxygens (including phenoxy) is 2. The van der Waals surface area contributed by atoms with Gasteiger partial charge in [-0.05, 0) is 31.4 Å². The first-order valence-electron chi connectivity index (χ1n) is 10.3. The summed E-state index contributed by atoms with van der Waals surface area (Å²) in [6.45, 7) is 0.766. The van der Waals surface area contributed by atoms with Gasteiger partial charge in [0.2, 0.25) is 11.8 Å². The fourth-order valence-electron chi connectivity index (χ4n) is 3.40. The summed E-state index contributed by atoms with van der Waals surface area (Å²) in [6.07, 6.45) is 7.17. The van der Waals surface area contributed by atoms with Gasteiger partial charge in [-0.3, -0.25) is 9.59 Å². The molecule has 0 aromatic heterocycles. The Morgan fingerprint density at radius 1 is 1.27 bits per heavy atom. The van der Waals surface area contributed by atoms with Crippen molar-refractivity contribution in [3.8, 4) is 11.5 Å². The highest BCUT2D eigenvalue weighted by Crippen LogP contribution is 2.33. The van der Waals surface area contributed by atoms with E-state index in [-0.39, 0.29) is 29.2 Å². The van der Waals surface area contributed by atoms with Gasteiger partial charge in [-0.25, -0.2) is 0 Å². The van der Waals surface area contributed by atoms with Gasteiger partial charge in [0.05, 0.1) is 7.11 Å². The number of carbonyl (C=O) groups excluding carboxylic acids is 2. The predicted octanol–water partition coefficient (Wildman–Crippen LogP) is 3.85. The second-order valence-electron chi connectivity index (χ2n) is 7.19. The third-order valence-electron chi connectivity index (χ3n) is 5.10. The standard InChI is InChI=1S/C22H30F2N2O4/c1-3-4-5-13-25-21(28)17-11-14-26(15-12-17)19(27)10-9-16-7-6-8-18(29-2)20(16)30-22(23)24/h6-10,17,22H,3-5,11-15H2,1-2H3,(H,25,28). The van der Waals surface area contributed by atoms with Crippen molar-refractivity contribution >= 4 is 17.9 Å². The molecule has 0 aliphatic carbocycles. The van der Waals surface area contributed by atoms with E-state index in [4.69, 9.17) is 4.74 Å². The molecule has 2 amide bonds. The first-order valence-corrected chi connectivity index (χ1v) is 10.3. The normalized spacial score (nSPS) is 14.9. The van der Waals surface area contributed by atoms with E-state index in [2.05, 4.69) is 17.0 Å². The van der Waals surface area contributed by atoms with E-state index in [0.29, 0.717) is 38.0 Å². The number of benzene rings is 1. The number of nitrogens with zero attached hydrogens (tertiary/aromatic N) is 1. The summed E-state index contributed by atoms with van der Waals surface area (Å²) in [5.74, 6) is -0.209. The summed E-state index contributed by atoms with van der Waals surface area (Å²) in [5, 5.41) is 2.97. The van der Waals surface area contributed by atoms with E-state index in [9.17, 15) is 18.4 Å². The number of halogens is 2. The average molecular weight is 424 g/mol. The van der Waals surface area contributed by atoms with E-state index in [1.165, 1.54) is 25.3 Å². The van der Waals surface area contributed by atoms with Gasteiger partial charge >= 0.3 is 6.61 Å². The van der Waals surface area contributed by atoms with E-state index < -0.39 is 6.61 Å². The van der Waals surface area contributed by atoms with Crippen LogP contribution in [0.1, 0.15) is 44.6 Å². The van der Waals surface area contributed by atoms with Crippen LogP contribution in [0.3, 0.4) is 0 Å². The lowest BCUT2D eigenvalue weighted by molar-refractivity contribution is -0.132. The summed E-state index contributed by atoms with van der Waals surface area (Å²) >= 11 is 0. The Kier molecular flexibility index (Phi) is 9.57. The van der Waals surface area contributed by atoms with Crippen molar-refractivity contribution in [2.75, 3.05) is 26.7 Å². The first-order chi connectivity index (χ1) is 14.5. The maximum absolute atomic E-state index is 12.7. The number of unbranched alkanes of at least 4 members (excludes halogenated alkanes) is 2. The Bertz CT molecular complexity index is 732. The molecule has 1 aliphatic rings. The summed E-state index contributed by atoms with van der Waals surface area (Å²) in [6, 6.07) is 4.71. The molecule has 0 bridgehead atoms. The van der Waals surface area contributed by atoms with Gasteiger partial charge in [0, 0.05) is 37.2 Å². The topological polar surface area (TPSA) is 67.9 Å².